The highest BCUT2D eigenvalue weighted by atomic mass is 32.1. The number of benzene rings is 2. The van der Waals surface area contributed by atoms with E-state index >= 15 is 0 Å². The number of para-hydroxylation sites is 1. The van der Waals surface area contributed by atoms with Gasteiger partial charge in [0, 0.05) is 45.5 Å². The molecule has 4 rings (SSSR count). The van der Waals surface area contributed by atoms with Crippen LogP contribution in [0, 0.1) is 0 Å². The van der Waals surface area contributed by atoms with Crippen LogP contribution in [0.4, 0.5) is 5.69 Å². The van der Waals surface area contributed by atoms with Crippen molar-refractivity contribution < 1.29 is 4.79 Å². The Morgan fingerprint density at radius 1 is 1.20 bits per heavy atom. The SMILES string of the molecule is CCn1c2ccccc2c2cc(NC(=O)C=Cc3cscn3)ccc21. The molecule has 0 aliphatic carbocycles. The number of aromatic nitrogens is 2. The summed E-state index contributed by atoms with van der Waals surface area (Å²) in [6, 6.07) is 14.4. The molecule has 25 heavy (non-hydrogen) atoms. The van der Waals surface area contributed by atoms with E-state index in [4.69, 9.17) is 0 Å². The molecule has 0 fully saturated rings. The molecule has 124 valence electrons. The Hall–Kier alpha value is -2.92. The summed E-state index contributed by atoms with van der Waals surface area (Å²) in [5, 5.41) is 7.18. The number of anilines is 1. The van der Waals surface area contributed by atoms with Crippen molar-refractivity contribution in [3.05, 3.63) is 65.1 Å². The average Bonchev–Trinajstić information content (AvgIpc) is 3.25. The minimum atomic E-state index is -0.161. The molecule has 0 atom stereocenters. The fourth-order valence-corrected chi connectivity index (χ4v) is 3.64. The molecule has 4 nitrogen and oxygen atoms in total. The summed E-state index contributed by atoms with van der Waals surface area (Å²) in [5.74, 6) is -0.161. The number of hydrogen-bond acceptors (Lipinski definition) is 3. The quantitative estimate of drug-likeness (QED) is 0.533. The zero-order valence-electron chi connectivity index (χ0n) is 13.8. The van der Waals surface area contributed by atoms with E-state index in [1.54, 1.807) is 11.6 Å². The summed E-state index contributed by atoms with van der Waals surface area (Å²) in [6.07, 6.45) is 3.22. The molecule has 0 radical (unpaired) electrons. The van der Waals surface area contributed by atoms with Crippen molar-refractivity contribution in [1.29, 1.82) is 0 Å². The van der Waals surface area contributed by atoms with Crippen LogP contribution in [-0.4, -0.2) is 15.5 Å². The highest BCUT2D eigenvalue weighted by molar-refractivity contribution is 7.07. The van der Waals surface area contributed by atoms with E-state index in [9.17, 15) is 4.79 Å². The smallest absolute Gasteiger partial charge is 0.248 e. The fraction of sp³-hybridized carbons (Fsp3) is 0.100. The summed E-state index contributed by atoms with van der Waals surface area (Å²) < 4.78 is 2.29. The lowest BCUT2D eigenvalue weighted by molar-refractivity contribution is -0.111. The molecule has 0 saturated carbocycles. The van der Waals surface area contributed by atoms with Crippen molar-refractivity contribution in [2.75, 3.05) is 5.32 Å². The number of thiazole rings is 1. The summed E-state index contributed by atoms with van der Waals surface area (Å²) >= 11 is 1.51. The number of rotatable bonds is 4. The summed E-state index contributed by atoms with van der Waals surface area (Å²) in [6.45, 7) is 3.05. The van der Waals surface area contributed by atoms with Crippen LogP contribution in [0.15, 0.2) is 59.4 Å². The maximum absolute atomic E-state index is 12.1. The van der Waals surface area contributed by atoms with Gasteiger partial charge in [0.1, 0.15) is 0 Å². The Labute approximate surface area is 149 Å². The van der Waals surface area contributed by atoms with Crippen molar-refractivity contribution in [1.82, 2.24) is 9.55 Å². The first kappa shape index (κ1) is 15.6. The molecule has 2 aromatic heterocycles. The minimum Gasteiger partial charge on any atom is -0.341 e. The highest BCUT2D eigenvalue weighted by Gasteiger charge is 2.10. The number of fused-ring (bicyclic) bond motifs is 3. The molecular formula is C20H17N3OS. The number of nitrogens with zero attached hydrogens (tertiary/aromatic N) is 2. The summed E-state index contributed by atoms with van der Waals surface area (Å²) in [7, 11) is 0. The van der Waals surface area contributed by atoms with E-state index in [2.05, 4.69) is 46.1 Å². The van der Waals surface area contributed by atoms with Crippen LogP contribution in [0.3, 0.4) is 0 Å². The third-order valence-corrected chi connectivity index (χ3v) is 4.82. The second-order valence-electron chi connectivity index (χ2n) is 5.73. The molecule has 5 heteroatoms. The van der Waals surface area contributed by atoms with Gasteiger partial charge in [0.05, 0.1) is 11.2 Å². The normalized spacial score (nSPS) is 11.6. The third kappa shape index (κ3) is 2.94. The average molecular weight is 347 g/mol. The van der Waals surface area contributed by atoms with E-state index in [1.807, 2.05) is 23.6 Å². The molecule has 0 bridgehead atoms. The van der Waals surface area contributed by atoms with E-state index in [0.717, 1.165) is 23.3 Å². The van der Waals surface area contributed by atoms with Gasteiger partial charge in [0.2, 0.25) is 5.91 Å². The maximum atomic E-state index is 12.1. The predicted molar refractivity (Wildman–Crippen MR) is 105 cm³/mol. The molecule has 2 heterocycles. The Morgan fingerprint density at radius 2 is 2.04 bits per heavy atom. The second kappa shape index (κ2) is 6.53. The van der Waals surface area contributed by atoms with Crippen molar-refractivity contribution in [3.63, 3.8) is 0 Å². The molecule has 1 amide bonds. The Balaban J connectivity index is 1.67. The Morgan fingerprint density at radius 3 is 2.84 bits per heavy atom. The summed E-state index contributed by atoms with van der Waals surface area (Å²) in [5.41, 5.74) is 5.72. The predicted octanol–water partition coefficient (Wildman–Crippen LogP) is 4.92. The minimum absolute atomic E-state index is 0.161. The van der Waals surface area contributed by atoms with Crippen LogP contribution in [0.25, 0.3) is 27.9 Å². The number of nitrogens with one attached hydrogen (secondary N) is 1. The van der Waals surface area contributed by atoms with E-state index < -0.39 is 0 Å². The Bertz CT molecular complexity index is 1080. The van der Waals surface area contributed by atoms with Crippen LogP contribution in [0.1, 0.15) is 12.6 Å². The molecule has 0 aliphatic rings. The first-order valence-corrected chi connectivity index (χ1v) is 9.09. The van der Waals surface area contributed by atoms with Crippen LogP contribution in [0.5, 0.6) is 0 Å². The number of carbonyl (C=O) groups is 1. The van der Waals surface area contributed by atoms with Crippen molar-refractivity contribution in [2.45, 2.75) is 13.5 Å². The van der Waals surface area contributed by atoms with Crippen LogP contribution in [-0.2, 0) is 11.3 Å². The Kier molecular flexibility index (Phi) is 4.07. The zero-order chi connectivity index (χ0) is 17.2. The molecule has 2 aromatic carbocycles. The second-order valence-corrected chi connectivity index (χ2v) is 6.45. The zero-order valence-corrected chi connectivity index (χ0v) is 14.6. The lowest BCUT2D eigenvalue weighted by Crippen LogP contribution is -2.07. The van der Waals surface area contributed by atoms with Gasteiger partial charge in [-0.25, -0.2) is 4.98 Å². The third-order valence-electron chi connectivity index (χ3n) is 4.21. The summed E-state index contributed by atoms with van der Waals surface area (Å²) in [4.78, 5) is 16.3. The van der Waals surface area contributed by atoms with E-state index in [1.165, 1.54) is 33.8 Å². The van der Waals surface area contributed by atoms with Gasteiger partial charge < -0.3 is 9.88 Å². The van der Waals surface area contributed by atoms with Gasteiger partial charge in [-0.15, -0.1) is 11.3 Å². The van der Waals surface area contributed by atoms with Gasteiger partial charge in [-0.1, -0.05) is 18.2 Å². The molecule has 0 spiro atoms. The molecule has 1 N–H and O–H groups in total. The first-order valence-electron chi connectivity index (χ1n) is 8.14. The largest absolute Gasteiger partial charge is 0.341 e. The molecule has 0 aliphatic heterocycles. The number of carbonyl (C=O) groups excluding carboxylic acids is 1. The van der Waals surface area contributed by atoms with Gasteiger partial charge in [0.15, 0.2) is 0 Å². The maximum Gasteiger partial charge on any atom is 0.248 e. The number of amides is 1. The lowest BCUT2D eigenvalue weighted by Gasteiger charge is -2.05. The van der Waals surface area contributed by atoms with E-state index in [-0.39, 0.29) is 5.91 Å². The number of hydrogen-bond donors (Lipinski definition) is 1. The highest BCUT2D eigenvalue weighted by Crippen LogP contribution is 2.30. The molecule has 4 aromatic rings. The van der Waals surface area contributed by atoms with E-state index in [0.29, 0.717) is 0 Å². The van der Waals surface area contributed by atoms with Gasteiger partial charge in [0.25, 0.3) is 0 Å². The monoisotopic (exact) mass is 347 g/mol. The number of aryl methyl sites for hydroxylation is 1. The standard InChI is InChI=1S/C20H17N3OS/c1-2-23-18-6-4-3-5-16(18)17-11-14(7-9-19(17)23)22-20(24)10-8-15-12-25-13-21-15/h3-13H,2H2,1H3,(H,22,24). The van der Waals surface area contributed by atoms with Crippen molar-refractivity contribution >= 4 is 50.8 Å². The van der Waals surface area contributed by atoms with Gasteiger partial charge in [-0.3, -0.25) is 4.79 Å². The first-order chi connectivity index (χ1) is 12.3. The van der Waals surface area contributed by atoms with Crippen LogP contribution >= 0.6 is 11.3 Å². The topological polar surface area (TPSA) is 46.9 Å². The fourth-order valence-electron chi connectivity index (χ4n) is 3.12. The molecular weight excluding hydrogens is 330 g/mol. The lowest BCUT2D eigenvalue weighted by atomic mass is 10.1. The molecule has 0 saturated heterocycles. The van der Waals surface area contributed by atoms with Gasteiger partial charge in [-0.2, -0.15) is 0 Å². The van der Waals surface area contributed by atoms with Gasteiger partial charge in [-0.05, 0) is 37.3 Å². The van der Waals surface area contributed by atoms with Gasteiger partial charge >= 0.3 is 0 Å². The molecule has 0 unspecified atom stereocenters. The van der Waals surface area contributed by atoms with Crippen LogP contribution < -0.4 is 5.32 Å². The van der Waals surface area contributed by atoms with Crippen molar-refractivity contribution in [3.8, 4) is 0 Å². The van der Waals surface area contributed by atoms with Crippen molar-refractivity contribution in [2.24, 2.45) is 0 Å². The van der Waals surface area contributed by atoms with Crippen LogP contribution in [0.2, 0.25) is 0 Å².